The molecule has 98 valence electrons. The molecular weight excluding hydrogens is 226 g/mol. The van der Waals surface area contributed by atoms with Gasteiger partial charge >= 0.3 is 0 Å². The van der Waals surface area contributed by atoms with E-state index in [1.165, 1.54) is 0 Å². The highest BCUT2D eigenvalue weighted by atomic mass is 15.2. The molecule has 0 unspecified atom stereocenters. The molecule has 0 amide bonds. The molecule has 5 heteroatoms. The second-order valence-corrected chi connectivity index (χ2v) is 4.96. The van der Waals surface area contributed by atoms with Gasteiger partial charge in [0.1, 0.15) is 5.82 Å². The molecule has 0 aliphatic rings. The number of imidazole rings is 1. The highest BCUT2D eigenvalue weighted by Crippen LogP contribution is 2.20. The lowest BCUT2D eigenvalue weighted by Crippen LogP contribution is -2.22. The van der Waals surface area contributed by atoms with Gasteiger partial charge in [-0.1, -0.05) is 13.8 Å². The predicted molar refractivity (Wildman–Crippen MR) is 75.3 cm³/mol. The van der Waals surface area contributed by atoms with E-state index in [2.05, 4.69) is 41.1 Å². The van der Waals surface area contributed by atoms with Crippen molar-refractivity contribution in [3.63, 3.8) is 0 Å². The summed E-state index contributed by atoms with van der Waals surface area (Å²) >= 11 is 0. The molecular formula is C13H21N5. The maximum atomic E-state index is 4.60. The summed E-state index contributed by atoms with van der Waals surface area (Å²) in [5, 5.41) is 3.08. The molecule has 2 heterocycles. The Morgan fingerprint density at radius 1 is 1.44 bits per heavy atom. The number of fused-ring (bicyclic) bond motifs is 1. The smallest absolute Gasteiger partial charge is 0.180 e. The predicted octanol–water partition coefficient (Wildman–Crippen LogP) is 2.25. The monoisotopic (exact) mass is 247 g/mol. The van der Waals surface area contributed by atoms with Gasteiger partial charge in [0.25, 0.3) is 0 Å². The number of hydrogen-bond acceptors (Lipinski definition) is 4. The third kappa shape index (κ3) is 2.55. The fourth-order valence-electron chi connectivity index (χ4n) is 1.85. The van der Waals surface area contributed by atoms with E-state index in [-0.39, 0.29) is 0 Å². The van der Waals surface area contributed by atoms with E-state index in [1.807, 2.05) is 23.8 Å². The van der Waals surface area contributed by atoms with E-state index in [9.17, 15) is 0 Å². The molecule has 2 aromatic heterocycles. The fourth-order valence-corrected chi connectivity index (χ4v) is 1.85. The molecule has 0 aromatic carbocycles. The topological polar surface area (TPSA) is 45.5 Å². The van der Waals surface area contributed by atoms with E-state index in [0.29, 0.717) is 5.92 Å². The minimum atomic E-state index is 0.690. The van der Waals surface area contributed by atoms with Crippen LogP contribution in [0.15, 0.2) is 18.6 Å². The van der Waals surface area contributed by atoms with Crippen molar-refractivity contribution >= 4 is 17.3 Å². The molecule has 2 rings (SSSR count). The van der Waals surface area contributed by atoms with Gasteiger partial charge in [-0.3, -0.25) is 0 Å². The highest BCUT2D eigenvalue weighted by molar-refractivity contribution is 5.66. The Hall–Kier alpha value is -1.78. The van der Waals surface area contributed by atoms with Gasteiger partial charge < -0.3 is 14.6 Å². The molecule has 0 saturated heterocycles. The summed E-state index contributed by atoms with van der Waals surface area (Å²) in [5.41, 5.74) is 0.903. The standard InChI is InChI=1S/C13H21N5/c1-10(2)5-7-17(4)13-12-15-6-8-18(12)9-11(14-3)16-13/h6,8-10,14H,5,7H2,1-4H3. The van der Waals surface area contributed by atoms with Crippen LogP contribution < -0.4 is 10.2 Å². The molecule has 0 fully saturated rings. The van der Waals surface area contributed by atoms with Gasteiger partial charge in [0.2, 0.25) is 0 Å². The van der Waals surface area contributed by atoms with Crippen molar-refractivity contribution in [3.05, 3.63) is 18.6 Å². The molecule has 0 aliphatic heterocycles. The normalized spacial score (nSPS) is 11.2. The number of anilines is 2. The van der Waals surface area contributed by atoms with Crippen molar-refractivity contribution in [2.24, 2.45) is 5.92 Å². The van der Waals surface area contributed by atoms with Crippen molar-refractivity contribution in [2.75, 3.05) is 30.9 Å². The van der Waals surface area contributed by atoms with Crippen LogP contribution in [0.4, 0.5) is 11.6 Å². The first-order chi connectivity index (χ1) is 8.61. The van der Waals surface area contributed by atoms with Gasteiger partial charge in [-0.05, 0) is 12.3 Å². The minimum Gasteiger partial charge on any atom is -0.372 e. The zero-order valence-corrected chi connectivity index (χ0v) is 11.5. The third-order valence-corrected chi connectivity index (χ3v) is 3.02. The third-order valence-electron chi connectivity index (χ3n) is 3.02. The van der Waals surface area contributed by atoms with E-state index in [4.69, 9.17) is 0 Å². The van der Waals surface area contributed by atoms with E-state index in [0.717, 1.165) is 30.2 Å². The van der Waals surface area contributed by atoms with E-state index in [1.54, 1.807) is 6.20 Å². The Morgan fingerprint density at radius 3 is 2.89 bits per heavy atom. The van der Waals surface area contributed by atoms with Crippen LogP contribution in [0.2, 0.25) is 0 Å². The number of nitrogens with one attached hydrogen (secondary N) is 1. The van der Waals surface area contributed by atoms with Crippen LogP contribution in [0.5, 0.6) is 0 Å². The first-order valence-electron chi connectivity index (χ1n) is 6.34. The lowest BCUT2D eigenvalue weighted by atomic mass is 10.1. The van der Waals surface area contributed by atoms with Gasteiger partial charge in [0, 0.05) is 33.0 Å². The van der Waals surface area contributed by atoms with Crippen LogP contribution >= 0.6 is 0 Å². The molecule has 1 N–H and O–H groups in total. The lowest BCUT2D eigenvalue weighted by molar-refractivity contribution is 0.584. The zero-order valence-electron chi connectivity index (χ0n) is 11.5. The summed E-state index contributed by atoms with van der Waals surface area (Å²) in [6.07, 6.45) is 6.84. The van der Waals surface area contributed by atoms with Crippen LogP contribution in [0.25, 0.3) is 5.65 Å². The first-order valence-corrected chi connectivity index (χ1v) is 6.34. The minimum absolute atomic E-state index is 0.690. The lowest BCUT2D eigenvalue weighted by Gasteiger charge is -2.20. The van der Waals surface area contributed by atoms with Crippen molar-refractivity contribution < 1.29 is 0 Å². The van der Waals surface area contributed by atoms with Crippen molar-refractivity contribution in [1.29, 1.82) is 0 Å². The molecule has 0 radical (unpaired) electrons. The summed E-state index contributed by atoms with van der Waals surface area (Å²) in [4.78, 5) is 11.1. The van der Waals surface area contributed by atoms with Crippen molar-refractivity contribution in [2.45, 2.75) is 20.3 Å². The van der Waals surface area contributed by atoms with Crippen LogP contribution in [-0.4, -0.2) is 35.0 Å². The van der Waals surface area contributed by atoms with Gasteiger partial charge in [-0.2, -0.15) is 0 Å². The summed E-state index contributed by atoms with van der Waals surface area (Å²) in [6, 6.07) is 0. The average molecular weight is 247 g/mol. The molecule has 0 atom stereocenters. The molecule has 0 bridgehead atoms. The Kier molecular flexibility index (Phi) is 3.69. The summed E-state index contributed by atoms with van der Waals surface area (Å²) in [6.45, 7) is 5.45. The Balaban J connectivity index is 2.32. The molecule has 18 heavy (non-hydrogen) atoms. The second kappa shape index (κ2) is 5.25. The fraction of sp³-hybridized carbons (Fsp3) is 0.538. The Labute approximate surface area is 108 Å². The maximum Gasteiger partial charge on any atom is 0.180 e. The van der Waals surface area contributed by atoms with Crippen molar-refractivity contribution in [3.8, 4) is 0 Å². The molecule has 0 spiro atoms. The summed E-state index contributed by atoms with van der Waals surface area (Å²) in [5.74, 6) is 2.47. The SMILES string of the molecule is CNc1cn2ccnc2c(N(C)CCC(C)C)n1. The summed E-state index contributed by atoms with van der Waals surface area (Å²) < 4.78 is 2.00. The van der Waals surface area contributed by atoms with Crippen LogP contribution in [-0.2, 0) is 0 Å². The number of nitrogens with zero attached hydrogens (tertiary/aromatic N) is 4. The van der Waals surface area contributed by atoms with Gasteiger partial charge in [0.05, 0.1) is 6.20 Å². The van der Waals surface area contributed by atoms with Crippen LogP contribution in [0.1, 0.15) is 20.3 Å². The average Bonchev–Trinajstić information content (AvgIpc) is 2.82. The largest absolute Gasteiger partial charge is 0.372 e. The molecule has 0 aliphatic carbocycles. The molecule has 0 saturated carbocycles. The maximum absolute atomic E-state index is 4.60. The van der Waals surface area contributed by atoms with Gasteiger partial charge in [-0.15, -0.1) is 0 Å². The molecule has 5 nitrogen and oxygen atoms in total. The van der Waals surface area contributed by atoms with E-state index >= 15 is 0 Å². The number of aromatic nitrogens is 3. The number of rotatable bonds is 5. The Bertz CT molecular complexity index is 517. The highest BCUT2D eigenvalue weighted by Gasteiger charge is 2.11. The second-order valence-electron chi connectivity index (χ2n) is 4.96. The first kappa shape index (κ1) is 12.7. The zero-order chi connectivity index (χ0) is 13.1. The van der Waals surface area contributed by atoms with Crippen LogP contribution in [0, 0.1) is 5.92 Å². The summed E-state index contributed by atoms with van der Waals surface area (Å²) in [7, 11) is 3.95. The quantitative estimate of drug-likeness (QED) is 0.880. The Morgan fingerprint density at radius 2 is 2.22 bits per heavy atom. The van der Waals surface area contributed by atoms with E-state index < -0.39 is 0 Å². The van der Waals surface area contributed by atoms with Gasteiger partial charge in [-0.25, -0.2) is 9.97 Å². The molecule has 2 aromatic rings. The van der Waals surface area contributed by atoms with Crippen LogP contribution in [0.3, 0.4) is 0 Å². The van der Waals surface area contributed by atoms with Gasteiger partial charge in [0.15, 0.2) is 11.5 Å². The van der Waals surface area contributed by atoms with Crippen molar-refractivity contribution in [1.82, 2.24) is 14.4 Å². The number of hydrogen-bond donors (Lipinski definition) is 1.